The van der Waals surface area contributed by atoms with Crippen LogP contribution in [0, 0.1) is 13.8 Å². The lowest BCUT2D eigenvalue weighted by molar-refractivity contribution is 0.0464. The van der Waals surface area contributed by atoms with Crippen molar-refractivity contribution in [3.05, 3.63) is 46.0 Å². The number of ketones is 3. The maximum atomic E-state index is 12.3. The Bertz CT molecular complexity index is 886. The van der Waals surface area contributed by atoms with Crippen molar-refractivity contribution in [1.82, 2.24) is 9.55 Å². The number of rotatable bonds is 6. The van der Waals surface area contributed by atoms with Gasteiger partial charge in [-0.15, -0.1) is 0 Å². The summed E-state index contributed by atoms with van der Waals surface area (Å²) >= 11 is 0. The minimum absolute atomic E-state index is 0.136. The van der Waals surface area contributed by atoms with Crippen LogP contribution in [0.2, 0.25) is 0 Å². The van der Waals surface area contributed by atoms with Gasteiger partial charge in [-0.25, -0.2) is 4.79 Å². The normalized spacial score (nSPS) is 10.6. The molecule has 0 aliphatic rings. The molecule has 7 nitrogen and oxygen atoms in total. The molecule has 1 N–H and O–H groups in total. The van der Waals surface area contributed by atoms with E-state index in [0.717, 1.165) is 0 Å². The first-order chi connectivity index (χ1) is 11.6. The second-order valence-corrected chi connectivity index (χ2v) is 5.96. The van der Waals surface area contributed by atoms with Gasteiger partial charge >= 0.3 is 5.97 Å². The molecule has 0 saturated heterocycles. The number of carbonyl (C=O) groups is 4. The second-order valence-electron chi connectivity index (χ2n) is 5.96. The van der Waals surface area contributed by atoms with Crippen molar-refractivity contribution >= 4 is 23.3 Å². The Morgan fingerprint density at radius 3 is 2.24 bits per heavy atom. The predicted molar refractivity (Wildman–Crippen MR) is 90.3 cm³/mol. The zero-order chi connectivity index (χ0) is 18.9. The zero-order valence-electron chi connectivity index (χ0n) is 14.9. The Morgan fingerprint density at radius 1 is 1.12 bits per heavy atom. The van der Waals surface area contributed by atoms with Gasteiger partial charge in [0.25, 0.3) is 0 Å². The van der Waals surface area contributed by atoms with E-state index in [0.29, 0.717) is 22.4 Å². The van der Waals surface area contributed by atoms with Crippen LogP contribution in [-0.4, -0.2) is 39.5 Å². The van der Waals surface area contributed by atoms with Gasteiger partial charge in [0.2, 0.25) is 5.78 Å². The third kappa shape index (κ3) is 3.60. The number of carbonyl (C=O) groups excluding carboxylic acids is 4. The summed E-state index contributed by atoms with van der Waals surface area (Å²) in [5, 5.41) is 0. The van der Waals surface area contributed by atoms with Crippen molar-refractivity contribution in [2.24, 2.45) is 7.05 Å². The maximum absolute atomic E-state index is 12.3. The van der Waals surface area contributed by atoms with Crippen molar-refractivity contribution in [3.8, 4) is 0 Å². The summed E-state index contributed by atoms with van der Waals surface area (Å²) in [5.74, 6) is -1.43. The van der Waals surface area contributed by atoms with Crippen LogP contribution in [0.4, 0.5) is 0 Å². The van der Waals surface area contributed by atoms with Gasteiger partial charge < -0.3 is 14.3 Å². The van der Waals surface area contributed by atoms with E-state index in [9.17, 15) is 19.2 Å². The molecule has 0 saturated carbocycles. The van der Waals surface area contributed by atoms with Gasteiger partial charge in [-0.05, 0) is 39.3 Å². The smallest absolute Gasteiger partial charge is 0.355 e. The highest BCUT2D eigenvalue weighted by Crippen LogP contribution is 2.19. The summed E-state index contributed by atoms with van der Waals surface area (Å²) in [6, 6.07) is 1.42. The summed E-state index contributed by atoms with van der Waals surface area (Å²) in [4.78, 5) is 50.3. The number of H-pyrrole nitrogens is 1. The molecule has 0 unspecified atom stereocenters. The molecule has 0 fully saturated rings. The van der Waals surface area contributed by atoms with E-state index < -0.39 is 18.4 Å². The number of nitrogens with zero attached hydrogens (tertiary/aromatic N) is 1. The number of ether oxygens (including phenoxy) is 1. The number of aryl methyl sites for hydroxylation is 2. The number of Topliss-reactive ketones (excluding diaryl/α,β-unsaturated/α-hetero) is 3. The molecule has 0 radical (unpaired) electrons. The molecule has 0 aromatic carbocycles. The van der Waals surface area contributed by atoms with E-state index >= 15 is 0 Å². The average Bonchev–Trinajstić information content (AvgIpc) is 3.04. The SMILES string of the molecule is CC(=O)c1cc(C(=O)OCC(=O)c2[nH]c(C)c(C(C)=O)c2C)n(C)c1. The maximum Gasteiger partial charge on any atom is 0.355 e. The average molecular weight is 344 g/mol. The number of hydrogen-bond acceptors (Lipinski definition) is 5. The number of nitrogens with one attached hydrogen (secondary N) is 1. The molecule has 2 aromatic heterocycles. The van der Waals surface area contributed by atoms with Gasteiger partial charge in [-0.3, -0.25) is 14.4 Å². The highest BCUT2D eigenvalue weighted by Gasteiger charge is 2.22. The van der Waals surface area contributed by atoms with E-state index in [2.05, 4.69) is 4.98 Å². The van der Waals surface area contributed by atoms with Crippen molar-refractivity contribution in [2.75, 3.05) is 6.61 Å². The van der Waals surface area contributed by atoms with Crippen LogP contribution < -0.4 is 0 Å². The van der Waals surface area contributed by atoms with E-state index in [1.807, 2.05) is 0 Å². The minimum atomic E-state index is -0.698. The van der Waals surface area contributed by atoms with E-state index in [1.165, 1.54) is 30.7 Å². The molecule has 2 heterocycles. The lowest BCUT2D eigenvalue weighted by atomic mass is 10.1. The number of aromatic amines is 1. The molecule has 0 atom stereocenters. The molecular weight excluding hydrogens is 324 g/mol. The fraction of sp³-hybridized carbons (Fsp3) is 0.333. The van der Waals surface area contributed by atoms with Gasteiger partial charge in [-0.1, -0.05) is 0 Å². The van der Waals surface area contributed by atoms with Crippen molar-refractivity contribution in [3.63, 3.8) is 0 Å². The van der Waals surface area contributed by atoms with E-state index in [1.54, 1.807) is 20.9 Å². The van der Waals surface area contributed by atoms with Crippen LogP contribution in [0.3, 0.4) is 0 Å². The minimum Gasteiger partial charge on any atom is -0.453 e. The summed E-state index contributed by atoms with van der Waals surface area (Å²) in [6.07, 6.45) is 1.53. The Labute approximate surface area is 145 Å². The third-order valence-corrected chi connectivity index (χ3v) is 4.02. The third-order valence-electron chi connectivity index (χ3n) is 4.02. The highest BCUT2D eigenvalue weighted by atomic mass is 16.5. The standard InChI is InChI=1S/C18H20N2O5/c1-9-16(12(4)22)10(2)19-17(9)15(23)8-25-18(24)14-6-13(11(3)21)7-20(14)5/h6-7,19H,8H2,1-5H3. The van der Waals surface area contributed by atoms with Crippen molar-refractivity contribution < 1.29 is 23.9 Å². The van der Waals surface area contributed by atoms with Crippen molar-refractivity contribution in [2.45, 2.75) is 27.7 Å². The van der Waals surface area contributed by atoms with Crippen LogP contribution in [0.5, 0.6) is 0 Å². The molecule has 2 rings (SSSR count). The van der Waals surface area contributed by atoms with Gasteiger partial charge in [0, 0.05) is 30.1 Å². The summed E-state index contributed by atoms with van der Waals surface area (Å²) in [5.41, 5.74) is 2.46. The largest absolute Gasteiger partial charge is 0.453 e. The Kier molecular flexibility index (Phi) is 5.06. The lowest BCUT2D eigenvalue weighted by Gasteiger charge is -2.05. The summed E-state index contributed by atoms with van der Waals surface area (Å²) in [7, 11) is 1.61. The molecule has 7 heteroatoms. The van der Waals surface area contributed by atoms with Crippen LogP contribution in [0.1, 0.15) is 66.8 Å². The van der Waals surface area contributed by atoms with Crippen LogP contribution >= 0.6 is 0 Å². The number of esters is 1. The monoisotopic (exact) mass is 344 g/mol. The molecule has 2 aromatic rings. The molecule has 0 bridgehead atoms. The van der Waals surface area contributed by atoms with Gasteiger partial charge in [0.15, 0.2) is 18.2 Å². The molecular formula is C18H20N2O5. The number of aromatic nitrogens is 2. The molecule has 0 amide bonds. The quantitative estimate of drug-likeness (QED) is 0.641. The van der Waals surface area contributed by atoms with Crippen LogP contribution in [0.25, 0.3) is 0 Å². The molecule has 0 aliphatic carbocycles. The van der Waals surface area contributed by atoms with Gasteiger partial charge in [-0.2, -0.15) is 0 Å². The van der Waals surface area contributed by atoms with Gasteiger partial charge in [0.05, 0.1) is 5.69 Å². The van der Waals surface area contributed by atoms with Crippen molar-refractivity contribution in [1.29, 1.82) is 0 Å². The fourth-order valence-electron chi connectivity index (χ4n) is 2.79. The van der Waals surface area contributed by atoms with E-state index in [-0.39, 0.29) is 23.0 Å². The first-order valence-corrected chi connectivity index (χ1v) is 7.71. The first-order valence-electron chi connectivity index (χ1n) is 7.71. The Balaban J connectivity index is 2.13. The van der Waals surface area contributed by atoms with Gasteiger partial charge in [0.1, 0.15) is 5.69 Å². The highest BCUT2D eigenvalue weighted by molar-refractivity contribution is 6.04. The molecule has 25 heavy (non-hydrogen) atoms. The second kappa shape index (κ2) is 6.88. The van der Waals surface area contributed by atoms with Crippen LogP contribution in [0.15, 0.2) is 12.3 Å². The fourth-order valence-corrected chi connectivity index (χ4v) is 2.79. The molecule has 132 valence electrons. The summed E-state index contributed by atoms with van der Waals surface area (Å²) < 4.78 is 6.53. The number of hydrogen-bond donors (Lipinski definition) is 1. The van der Waals surface area contributed by atoms with E-state index in [4.69, 9.17) is 4.74 Å². The Hall–Kier alpha value is -2.96. The molecule has 0 spiro atoms. The predicted octanol–water partition coefficient (Wildman–Crippen LogP) is 2.41. The summed E-state index contributed by atoms with van der Waals surface area (Å²) in [6.45, 7) is 5.75. The Morgan fingerprint density at radius 2 is 1.76 bits per heavy atom. The zero-order valence-corrected chi connectivity index (χ0v) is 14.9. The first kappa shape index (κ1) is 18.4. The molecule has 0 aliphatic heterocycles. The lowest BCUT2D eigenvalue weighted by Crippen LogP contribution is -2.17. The topological polar surface area (TPSA) is 98.2 Å². The van der Waals surface area contributed by atoms with Crippen LogP contribution in [-0.2, 0) is 11.8 Å².